The fourth-order valence-corrected chi connectivity index (χ4v) is 3.32. The first-order valence-corrected chi connectivity index (χ1v) is 7.49. The zero-order valence-corrected chi connectivity index (χ0v) is 12.6. The van der Waals surface area contributed by atoms with E-state index in [-0.39, 0.29) is 12.1 Å². The van der Waals surface area contributed by atoms with Crippen molar-refractivity contribution in [2.75, 3.05) is 12.1 Å². The second kappa shape index (κ2) is 4.75. The molecule has 4 rings (SSSR count). The SMILES string of the molecule is Cc1cc2c(Nc3ccc4c(c3)OCO4)nc(Cl)nc2s1. The number of hydrogen-bond acceptors (Lipinski definition) is 6. The Balaban J connectivity index is 1.77. The normalized spacial score (nSPS) is 12.9. The van der Waals surface area contributed by atoms with Crippen molar-refractivity contribution < 1.29 is 9.47 Å². The Hall–Kier alpha value is -2.05. The van der Waals surface area contributed by atoms with Crippen molar-refractivity contribution >= 4 is 44.7 Å². The summed E-state index contributed by atoms with van der Waals surface area (Å²) >= 11 is 7.58. The quantitative estimate of drug-likeness (QED) is 0.720. The lowest BCUT2D eigenvalue weighted by atomic mass is 10.2. The van der Waals surface area contributed by atoms with E-state index in [1.54, 1.807) is 11.3 Å². The van der Waals surface area contributed by atoms with Crippen molar-refractivity contribution in [3.8, 4) is 11.5 Å². The molecule has 0 unspecified atom stereocenters. The van der Waals surface area contributed by atoms with Gasteiger partial charge in [-0.1, -0.05) is 0 Å². The van der Waals surface area contributed by atoms with Gasteiger partial charge in [-0.05, 0) is 36.7 Å². The molecular weight excluding hydrogens is 310 g/mol. The molecule has 2 aromatic heterocycles. The van der Waals surface area contributed by atoms with Crippen LogP contribution in [0.2, 0.25) is 5.28 Å². The average molecular weight is 320 g/mol. The highest BCUT2D eigenvalue weighted by Gasteiger charge is 2.15. The second-order valence-corrected chi connectivity index (χ2v) is 6.18. The number of fused-ring (bicyclic) bond motifs is 2. The number of aryl methyl sites for hydroxylation is 1. The van der Waals surface area contributed by atoms with Crippen LogP contribution >= 0.6 is 22.9 Å². The summed E-state index contributed by atoms with van der Waals surface area (Å²) in [6.45, 7) is 2.29. The first-order valence-electron chi connectivity index (χ1n) is 6.29. The Kier molecular flexibility index (Phi) is 2.87. The minimum absolute atomic E-state index is 0.229. The molecule has 0 radical (unpaired) electrons. The molecule has 0 saturated heterocycles. The highest BCUT2D eigenvalue weighted by molar-refractivity contribution is 7.18. The van der Waals surface area contributed by atoms with Crippen molar-refractivity contribution in [2.24, 2.45) is 0 Å². The highest BCUT2D eigenvalue weighted by atomic mass is 35.5. The van der Waals surface area contributed by atoms with Gasteiger partial charge in [-0.25, -0.2) is 4.98 Å². The number of nitrogens with zero attached hydrogens (tertiary/aromatic N) is 2. The van der Waals surface area contributed by atoms with E-state index in [4.69, 9.17) is 21.1 Å². The fourth-order valence-electron chi connectivity index (χ4n) is 2.22. The molecule has 0 bridgehead atoms. The summed E-state index contributed by atoms with van der Waals surface area (Å²) in [6, 6.07) is 7.70. The topological polar surface area (TPSA) is 56.3 Å². The summed E-state index contributed by atoms with van der Waals surface area (Å²) in [6.07, 6.45) is 0. The molecule has 1 aliphatic heterocycles. The molecule has 0 atom stereocenters. The van der Waals surface area contributed by atoms with Crippen LogP contribution in [-0.4, -0.2) is 16.8 Å². The van der Waals surface area contributed by atoms with Crippen molar-refractivity contribution in [1.29, 1.82) is 0 Å². The first-order chi connectivity index (χ1) is 10.2. The summed E-state index contributed by atoms with van der Waals surface area (Å²) < 4.78 is 10.7. The van der Waals surface area contributed by atoms with Gasteiger partial charge in [-0.3, -0.25) is 0 Å². The molecule has 0 amide bonds. The van der Waals surface area contributed by atoms with Crippen LogP contribution in [0, 0.1) is 6.92 Å². The molecule has 7 heteroatoms. The minimum Gasteiger partial charge on any atom is -0.454 e. The zero-order valence-electron chi connectivity index (χ0n) is 11.0. The molecule has 1 aliphatic rings. The van der Waals surface area contributed by atoms with Crippen LogP contribution in [0.25, 0.3) is 10.2 Å². The van der Waals surface area contributed by atoms with Crippen LogP contribution in [0.15, 0.2) is 24.3 Å². The standard InChI is InChI=1S/C14H10ClN3O2S/c1-7-4-9-12(17-14(15)18-13(9)21-7)16-8-2-3-10-11(5-8)20-6-19-10/h2-5H,6H2,1H3,(H,16,17,18). The number of nitrogens with one attached hydrogen (secondary N) is 1. The van der Waals surface area contributed by atoms with Crippen LogP contribution in [0.3, 0.4) is 0 Å². The van der Waals surface area contributed by atoms with E-state index < -0.39 is 0 Å². The number of thiophene rings is 1. The molecule has 1 aromatic carbocycles. The van der Waals surface area contributed by atoms with E-state index in [1.807, 2.05) is 31.2 Å². The maximum absolute atomic E-state index is 5.99. The summed E-state index contributed by atoms with van der Waals surface area (Å²) in [5.74, 6) is 2.16. The summed E-state index contributed by atoms with van der Waals surface area (Å²) in [4.78, 5) is 10.6. The van der Waals surface area contributed by atoms with Crippen LogP contribution in [0.5, 0.6) is 11.5 Å². The van der Waals surface area contributed by atoms with Gasteiger partial charge in [0.2, 0.25) is 12.1 Å². The third-order valence-corrected chi connectivity index (χ3v) is 4.24. The van der Waals surface area contributed by atoms with Crippen molar-refractivity contribution in [1.82, 2.24) is 9.97 Å². The average Bonchev–Trinajstić information content (AvgIpc) is 3.03. The molecule has 21 heavy (non-hydrogen) atoms. The van der Waals surface area contributed by atoms with Gasteiger partial charge in [-0.15, -0.1) is 11.3 Å². The Morgan fingerprint density at radius 2 is 2.05 bits per heavy atom. The fraction of sp³-hybridized carbons (Fsp3) is 0.143. The van der Waals surface area contributed by atoms with Crippen molar-refractivity contribution in [2.45, 2.75) is 6.92 Å². The summed E-state index contributed by atoms with van der Waals surface area (Å²) in [5.41, 5.74) is 0.860. The second-order valence-electron chi connectivity index (χ2n) is 4.61. The van der Waals surface area contributed by atoms with Gasteiger partial charge < -0.3 is 14.8 Å². The summed E-state index contributed by atoms with van der Waals surface area (Å²) in [5, 5.41) is 4.45. The molecule has 1 N–H and O–H groups in total. The lowest BCUT2D eigenvalue weighted by molar-refractivity contribution is 0.174. The number of rotatable bonds is 2. The molecule has 3 heterocycles. The number of anilines is 2. The Morgan fingerprint density at radius 3 is 2.95 bits per heavy atom. The first kappa shape index (κ1) is 12.7. The smallest absolute Gasteiger partial charge is 0.231 e. The van der Waals surface area contributed by atoms with E-state index in [9.17, 15) is 0 Å². The van der Waals surface area contributed by atoms with Crippen LogP contribution in [-0.2, 0) is 0 Å². The van der Waals surface area contributed by atoms with E-state index in [2.05, 4.69) is 15.3 Å². The maximum atomic E-state index is 5.99. The van der Waals surface area contributed by atoms with Gasteiger partial charge in [0, 0.05) is 16.6 Å². The molecule has 0 spiro atoms. The summed E-state index contributed by atoms with van der Waals surface area (Å²) in [7, 11) is 0. The molecule has 0 fully saturated rings. The van der Waals surface area contributed by atoms with Crippen LogP contribution < -0.4 is 14.8 Å². The minimum atomic E-state index is 0.229. The third-order valence-electron chi connectivity index (χ3n) is 3.12. The number of benzene rings is 1. The molecule has 106 valence electrons. The van der Waals surface area contributed by atoms with E-state index >= 15 is 0 Å². The Bertz CT molecular complexity index is 850. The Labute approximate surface area is 129 Å². The van der Waals surface area contributed by atoms with Gasteiger partial charge in [0.25, 0.3) is 0 Å². The predicted octanol–water partition coefficient (Wildman–Crippen LogP) is 4.13. The lowest BCUT2D eigenvalue weighted by Gasteiger charge is -2.07. The van der Waals surface area contributed by atoms with Crippen LogP contribution in [0.4, 0.5) is 11.5 Å². The molecule has 3 aromatic rings. The van der Waals surface area contributed by atoms with Gasteiger partial charge in [-0.2, -0.15) is 4.98 Å². The lowest BCUT2D eigenvalue weighted by Crippen LogP contribution is -1.96. The van der Waals surface area contributed by atoms with Crippen molar-refractivity contribution in [3.63, 3.8) is 0 Å². The van der Waals surface area contributed by atoms with Gasteiger partial charge in [0.1, 0.15) is 10.6 Å². The van der Waals surface area contributed by atoms with Gasteiger partial charge >= 0.3 is 0 Å². The largest absolute Gasteiger partial charge is 0.454 e. The number of hydrogen-bond donors (Lipinski definition) is 1. The third kappa shape index (κ3) is 2.26. The highest BCUT2D eigenvalue weighted by Crippen LogP contribution is 2.36. The van der Waals surface area contributed by atoms with Gasteiger partial charge in [0.15, 0.2) is 11.5 Å². The zero-order chi connectivity index (χ0) is 14.4. The number of aromatic nitrogens is 2. The van der Waals surface area contributed by atoms with E-state index in [0.717, 1.165) is 32.3 Å². The molecule has 5 nitrogen and oxygen atoms in total. The number of ether oxygens (including phenoxy) is 2. The molecule has 0 saturated carbocycles. The maximum Gasteiger partial charge on any atom is 0.231 e. The monoisotopic (exact) mass is 319 g/mol. The van der Waals surface area contributed by atoms with Crippen molar-refractivity contribution in [3.05, 3.63) is 34.4 Å². The predicted molar refractivity (Wildman–Crippen MR) is 83.0 cm³/mol. The Morgan fingerprint density at radius 1 is 1.19 bits per heavy atom. The van der Waals surface area contributed by atoms with Crippen LogP contribution in [0.1, 0.15) is 4.88 Å². The van der Waals surface area contributed by atoms with Gasteiger partial charge in [0.05, 0.1) is 5.39 Å². The van der Waals surface area contributed by atoms with E-state index in [1.165, 1.54) is 0 Å². The molecular formula is C14H10ClN3O2S. The number of halogens is 1. The van der Waals surface area contributed by atoms with E-state index in [0.29, 0.717) is 5.82 Å². The molecule has 0 aliphatic carbocycles.